The first-order valence-corrected chi connectivity index (χ1v) is 10.8. The van der Waals surface area contributed by atoms with Gasteiger partial charge in [0.2, 0.25) is 0 Å². The molecule has 1 amide bonds. The summed E-state index contributed by atoms with van der Waals surface area (Å²) in [6.07, 6.45) is 4.97. The van der Waals surface area contributed by atoms with Gasteiger partial charge in [0, 0.05) is 41.7 Å². The zero-order chi connectivity index (χ0) is 24.9. The minimum absolute atomic E-state index is 0.0300. The number of aromatic nitrogens is 7. The molecule has 0 aliphatic carbocycles. The first-order valence-electron chi connectivity index (χ1n) is 10.8. The largest absolute Gasteiger partial charge is 0.344 e. The zero-order valence-electron chi connectivity index (χ0n) is 19.2. The smallest absolute Gasteiger partial charge is 0.270 e. The number of rotatable bonds is 7. The van der Waals surface area contributed by atoms with Crippen LogP contribution in [0.4, 0.5) is 8.78 Å². The number of hydrogen-bond donors (Lipinski definition) is 1. The van der Waals surface area contributed by atoms with Crippen LogP contribution in [0.2, 0.25) is 0 Å². The predicted molar refractivity (Wildman–Crippen MR) is 125 cm³/mol. The standard InChI is InChI=1S/C24H22F2N8O/c1-14(2)23-31-32-33-34(23)19-10-17(20-5-4-16(12-29-20)8-22(25)26)9-18(11-19)24(35)30-15(3)21-13-27-6-7-28-21/h4-15H,1-3H3,(H,30,35). The molecule has 0 fully saturated rings. The van der Waals surface area contributed by atoms with Gasteiger partial charge in [0.1, 0.15) is 0 Å². The molecule has 4 rings (SSSR count). The van der Waals surface area contributed by atoms with Crippen LogP contribution in [0.1, 0.15) is 60.2 Å². The lowest BCUT2D eigenvalue weighted by Gasteiger charge is -2.15. The SMILES string of the molecule is CC(C)c1nnnn1-c1cc(C(=O)NC(C)c2cnccn2)cc(-c2ccc(C=C(F)F)cn2)c1. The Hall–Kier alpha value is -4.41. The summed E-state index contributed by atoms with van der Waals surface area (Å²) in [6, 6.07) is 7.90. The number of tetrazole rings is 1. The number of pyridine rings is 1. The molecule has 11 heteroatoms. The monoisotopic (exact) mass is 476 g/mol. The topological polar surface area (TPSA) is 111 Å². The average molecular weight is 476 g/mol. The average Bonchev–Trinajstić information content (AvgIpc) is 3.35. The first kappa shape index (κ1) is 23.7. The number of carbonyl (C=O) groups excluding carboxylic acids is 1. The van der Waals surface area contributed by atoms with E-state index in [1.54, 1.807) is 47.5 Å². The van der Waals surface area contributed by atoms with E-state index >= 15 is 0 Å². The molecule has 0 spiro atoms. The van der Waals surface area contributed by atoms with E-state index in [9.17, 15) is 13.6 Å². The van der Waals surface area contributed by atoms with Gasteiger partial charge in [-0.2, -0.15) is 13.5 Å². The Morgan fingerprint density at radius 2 is 1.89 bits per heavy atom. The summed E-state index contributed by atoms with van der Waals surface area (Å²) in [4.78, 5) is 25.8. The van der Waals surface area contributed by atoms with E-state index in [2.05, 4.69) is 35.8 Å². The van der Waals surface area contributed by atoms with Crippen molar-refractivity contribution in [2.75, 3.05) is 0 Å². The van der Waals surface area contributed by atoms with Crippen LogP contribution < -0.4 is 5.32 Å². The van der Waals surface area contributed by atoms with Crippen LogP contribution in [0.5, 0.6) is 0 Å². The Balaban J connectivity index is 1.75. The summed E-state index contributed by atoms with van der Waals surface area (Å²) in [6.45, 7) is 5.72. The molecular formula is C24H22F2N8O. The van der Waals surface area contributed by atoms with Crippen molar-refractivity contribution >= 4 is 12.0 Å². The molecule has 178 valence electrons. The molecule has 1 aromatic carbocycles. The van der Waals surface area contributed by atoms with Crippen LogP contribution in [0.15, 0.2) is 61.2 Å². The van der Waals surface area contributed by atoms with Crippen LogP contribution in [0.25, 0.3) is 23.0 Å². The lowest BCUT2D eigenvalue weighted by Crippen LogP contribution is -2.27. The normalized spacial score (nSPS) is 11.8. The number of hydrogen-bond acceptors (Lipinski definition) is 7. The van der Waals surface area contributed by atoms with Crippen molar-refractivity contribution in [3.05, 3.63) is 83.8 Å². The minimum atomic E-state index is -1.81. The molecular weight excluding hydrogens is 454 g/mol. The molecule has 1 N–H and O–H groups in total. The molecule has 3 heterocycles. The molecule has 0 radical (unpaired) electrons. The number of benzene rings is 1. The summed E-state index contributed by atoms with van der Waals surface area (Å²) in [5.41, 5.74) is 2.89. The number of nitrogens with zero attached hydrogens (tertiary/aromatic N) is 7. The Labute approximate surface area is 200 Å². The molecule has 1 unspecified atom stereocenters. The van der Waals surface area contributed by atoms with Crippen molar-refractivity contribution in [1.29, 1.82) is 0 Å². The van der Waals surface area contributed by atoms with Crippen molar-refractivity contribution in [2.45, 2.75) is 32.7 Å². The summed E-state index contributed by atoms with van der Waals surface area (Å²) in [5.74, 6) is 0.306. The maximum absolute atomic E-state index is 13.2. The summed E-state index contributed by atoms with van der Waals surface area (Å²) < 4.78 is 26.7. The first-order chi connectivity index (χ1) is 16.8. The maximum atomic E-state index is 13.2. The maximum Gasteiger partial charge on any atom is 0.270 e. The lowest BCUT2D eigenvalue weighted by molar-refractivity contribution is 0.0939. The molecule has 9 nitrogen and oxygen atoms in total. The quantitative estimate of drug-likeness (QED) is 0.422. The third-order valence-corrected chi connectivity index (χ3v) is 5.17. The number of carbonyl (C=O) groups is 1. The molecule has 0 saturated carbocycles. The number of nitrogens with one attached hydrogen (secondary N) is 1. The third kappa shape index (κ3) is 5.57. The van der Waals surface area contributed by atoms with Crippen LogP contribution >= 0.6 is 0 Å². The highest BCUT2D eigenvalue weighted by molar-refractivity contribution is 5.96. The fourth-order valence-electron chi connectivity index (χ4n) is 3.43. The van der Waals surface area contributed by atoms with Gasteiger partial charge < -0.3 is 5.32 Å². The van der Waals surface area contributed by atoms with Gasteiger partial charge in [-0.3, -0.25) is 19.7 Å². The van der Waals surface area contributed by atoms with Gasteiger partial charge in [0.05, 0.1) is 29.3 Å². The van der Waals surface area contributed by atoms with E-state index in [1.165, 1.54) is 12.3 Å². The fraction of sp³-hybridized carbons (Fsp3) is 0.208. The van der Waals surface area contributed by atoms with Gasteiger partial charge in [0.25, 0.3) is 12.0 Å². The van der Waals surface area contributed by atoms with Crippen molar-refractivity contribution < 1.29 is 13.6 Å². The van der Waals surface area contributed by atoms with E-state index in [-0.39, 0.29) is 23.4 Å². The van der Waals surface area contributed by atoms with E-state index in [1.807, 2.05) is 20.8 Å². The molecule has 0 aliphatic rings. The van der Waals surface area contributed by atoms with Crippen LogP contribution in [0.3, 0.4) is 0 Å². The summed E-state index contributed by atoms with van der Waals surface area (Å²) >= 11 is 0. The Kier molecular flexibility index (Phi) is 6.95. The van der Waals surface area contributed by atoms with Gasteiger partial charge in [-0.05, 0) is 47.2 Å². The molecule has 0 saturated heterocycles. The predicted octanol–water partition coefficient (Wildman–Crippen LogP) is 4.37. The van der Waals surface area contributed by atoms with E-state index in [0.717, 1.165) is 6.08 Å². The Morgan fingerprint density at radius 3 is 2.54 bits per heavy atom. The van der Waals surface area contributed by atoms with Crippen molar-refractivity contribution in [1.82, 2.24) is 40.5 Å². The van der Waals surface area contributed by atoms with Gasteiger partial charge in [-0.1, -0.05) is 19.9 Å². The molecule has 35 heavy (non-hydrogen) atoms. The van der Waals surface area contributed by atoms with Crippen molar-refractivity contribution in [3.8, 4) is 16.9 Å². The van der Waals surface area contributed by atoms with Crippen molar-refractivity contribution in [2.24, 2.45) is 0 Å². The van der Waals surface area contributed by atoms with Crippen LogP contribution in [-0.2, 0) is 0 Å². The van der Waals surface area contributed by atoms with E-state index in [0.29, 0.717) is 34.0 Å². The molecule has 4 aromatic rings. The fourth-order valence-corrected chi connectivity index (χ4v) is 3.43. The molecule has 0 bridgehead atoms. The van der Waals surface area contributed by atoms with E-state index < -0.39 is 6.08 Å². The van der Waals surface area contributed by atoms with Gasteiger partial charge in [-0.25, -0.2) is 0 Å². The second-order valence-electron chi connectivity index (χ2n) is 8.11. The highest BCUT2D eigenvalue weighted by Crippen LogP contribution is 2.25. The molecule has 3 aromatic heterocycles. The van der Waals surface area contributed by atoms with E-state index in [4.69, 9.17) is 0 Å². The summed E-state index contributed by atoms with van der Waals surface area (Å²) in [5, 5.41) is 14.9. The van der Waals surface area contributed by atoms with Gasteiger partial charge in [0.15, 0.2) is 5.82 Å². The third-order valence-electron chi connectivity index (χ3n) is 5.17. The molecule has 0 aliphatic heterocycles. The number of halogens is 2. The summed E-state index contributed by atoms with van der Waals surface area (Å²) in [7, 11) is 0. The van der Waals surface area contributed by atoms with Crippen LogP contribution in [-0.4, -0.2) is 41.1 Å². The van der Waals surface area contributed by atoms with Crippen molar-refractivity contribution in [3.63, 3.8) is 0 Å². The Morgan fingerprint density at radius 1 is 1.06 bits per heavy atom. The minimum Gasteiger partial charge on any atom is -0.344 e. The second-order valence-corrected chi connectivity index (χ2v) is 8.11. The Bertz CT molecular complexity index is 1350. The lowest BCUT2D eigenvalue weighted by atomic mass is 10.0. The molecule has 1 atom stereocenters. The highest BCUT2D eigenvalue weighted by Gasteiger charge is 2.18. The van der Waals surface area contributed by atoms with Crippen LogP contribution in [0, 0.1) is 0 Å². The second kappa shape index (κ2) is 10.2. The zero-order valence-corrected chi connectivity index (χ0v) is 19.2. The highest BCUT2D eigenvalue weighted by atomic mass is 19.3. The number of amides is 1. The van der Waals surface area contributed by atoms with Gasteiger partial charge in [-0.15, -0.1) is 5.10 Å². The van der Waals surface area contributed by atoms with Gasteiger partial charge >= 0.3 is 0 Å².